The van der Waals surface area contributed by atoms with Gasteiger partial charge in [0.05, 0.1) is 19.4 Å². The van der Waals surface area contributed by atoms with Gasteiger partial charge in [-0.05, 0) is 242 Å². The molecule has 2 saturated carbocycles. The lowest BCUT2D eigenvalue weighted by molar-refractivity contribution is 0.0383. The molecule has 0 aromatic rings. The molecule has 1 N–H and O–H groups in total. The van der Waals surface area contributed by atoms with Gasteiger partial charge in [0.15, 0.2) is 0 Å². The van der Waals surface area contributed by atoms with Crippen LogP contribution in [-0.4, -0.2) is 315 Å². The Morgan fingerprint density at radius 2 is 0.553 bits per heavy atom. The van der Waals surface area contributed by atoms with E-state index in [1.54, 1.807) is 49.8 Å². The van der Waals surface area contributed by atoms with Crippen LogP contribution in [0.4, 0.5) is 0 Å². The van der Waals surface area contributed by atoms with Crippen LogP contribution in [0, 0.1) is 23.5 Å². The lowest BCUT2D eigenvalue weighted by atomic mass is 10.2. The number of terminal acetylenes is 1. The molecule has 2 aliphatic carbocycles. The van der Waals surface area contributed by atoms with Gasteiger partial charge in [-0.3, -0.25) is 0 Å². The Kier molecular flexibility index (Phi) is 93.0. The van der Waals surface area contributed by atoms with Crippen LogP contribution in [0.15, 0.2) is 0 Å². The van der Waals surface area contributed by atoms with Crippen LogP contribution >= 0.6 is 33.3 Å². The summed E-state index contributed by atoms with van der Waals surface area (Å²) in [5.74, 6) is 4.93. The highest BCUT2D eigenvalue weighted by molar-refractivity contribution is 8.76. The van der Waals surface area contributed by atoms with Crippen LogP contribution in [0.5, 0.6) is 0 Å². The normalized spacial score (nSPS) is 13.6. The van der Waals surface area contributed by atoms with Gasteiger partial charge >= 0.3 is 78.3 Å². The monoisotopic (exact) mass is 1980 g/mol. The minimum atomic E-state index is -2.56. The van der Waals surface area contributed by atoms with Gasteiger partial charge in [-0.1, -0.05) is 66.0 Å². The number of aliphatic hydroxyl groups excluding tert-OH is 1. The number of unbranched alkanes of at least 4 members (excludes halogenated alkanes) is 3. The Morgan fingerprint density at radius 1 is 0.276 bits per heavy atom. The number of hydrogen-bond acceptors (Lipinski definition) is 31. The molecule has 0 aromatic heterocycles. The van der Waals surface area contributed by atoms with Crippen molar-refractivity contribution in [1.29, 1.82) is 0 Å². The first-order valence-electron chi connectivity index (χ1n) is 46.6. The molecular weight excluding hydrogens is 1790 g/mol. The smallest absolute Gasteiger partial charge is 0.398 e. The first-order valence-corrected chi connectivity index (χ1v) is 69.6. The highest BCUT2D eigenvalue weighted by Crippen LogP contribution is 2.32. The number of ether oxygens (including phenoxy) is 4. The quantitative estimate of drug-likeness (QED) is 0.0256. The number of rotatable bonds is 84. The summed E-state index contributed by atoms with van der Waals surface area (Å²) in [6.07, 6.45) is 22.9. The summed E-state index contributed by atoms with van der Waals surface area (Å²) in [6.45, 7) is 54.9. The maximum Gasteiger partial charge on any atom is 0.501 e. The third-order valence-corrected chi connectivity index (χ3v) is 50.0. The zero-order valence-corrected chi connectivity index (χ0v) is 94.4. The van der Waals surface area contributed by atoms with E-state index in [0.717, 1.165) is 189 Å². The van der Waals surface area contributed by atoms with Crippen molar-refractivity contribution in [1.82, 2.24) is 0 Å². The van der Waals surface area contributed by atoms with Crippen molar-refractivity contribution < 1.29 is 126 Å². The van der Waals surface area contributed by atoms with Crippen LogP contribution in [0.3, 0.4) is 0 Å². The number of thioether (sulfide) groups is 1. The molecule has 0 spiro atoms. The Morgan fingerprint density at radius 3 is 0.821 bits per heavy atom. The number of hydrogen-bond donors (Lipinski definition) is 1. The van der Waals surface area contributed by atoms with Crippen molar-refractivity contribution in [2.24, 2.45) is 11.8 Å². The zero-order chi connectivity index (χ0) is 93.1. The van der Waals surface area contributed by atoms with Gasteiger partial charge in [0, 0.05) is 243 Å². The second-order valence-electron chi connectivity index (χ2n) is 29.2. The Balaban J connectivity index is -0.000000701. The Labute approximate surface area is 775 Å². The molecule has 28 nitrogen and oxygen atoms in total. The van der Waals surface area contributed by atoms with E-state index in [-0.39, 0.29) is 6.23 Å². The highest BCUT2D eigenvalue weighted by atomic mass is 33.1. The van der Waals surface area contributed by atoms with E-state index in [9.17, 15) is 5.11 Å². The molecule has 0 heterocycles. The molecule has 0 saturated heterocycles. The number of aliphatic hydroxyl groups is 1. The van der Waals surface area contributed by atoms with Gasteiger partial charge in [-0.2, -0.15) is 0 Å². The van der Waals surface area contributed by atoms with E-state index in [0.29, 0.717) is 106 Å². The molecule has 2 rings (SSSR count). The van der Waals surface area contributed by atoms with Crippen LogP contribution in [-0.2, 0) is 121 Å². The summed E-state index contributed by atoms with van der Waals surface area (Å²) < 4.78 is 154. The second kappa shape index (κ2) is 87.5. The van der Waals surface area contributed by atoms with E-state index < -0.39 is 78.3 Å². The summed E-state index contributed by atoms with van der Waals surface area (Å²) in [5, 5.41) is 11.9. The fourth-order valence-electron chi connectivity index (χ4n) is 12.6. The Hall–Kier alpha value is 1.44. The molecule has 0 bridgehead atoms. The summed E-state index contributed by atoms with van der Waals surface area (Å²) >= 11 is 1.49. The predicted octanol–water partition coefficient (Wildman–Crippen LogP) is 19.2. The molecule has 0 aromatic carbocycles. The molecule has 0 amide bonds. The molecule has 0 aliphatic heterocycles. The molecule has 2 aliphatic rings. The SMILES string of the molecule is C#CSCCC[Si](OCC)(OCC)OCCC.CCO[Si](C)(CCCSSCCC[Si](C)(OCC)OCC)OCC.CCO[Si](CCCOCC1CC1)(OCC)OCC.CCO[Si](CCCOCCOCCC[Si](OCC)(OCC)OCC)(OCC)OCC.CO[Si](C)(CCCCCC[Si](CO)(OC)OC)OC.CO[Si](CCCOCC1CC1)(OC)OC. The van der Waals surface area contributed by atoms with Gasteiger partial charge in [0.25, 0.3) is 0 Å². The summed E-state index contributed by atoms with van der Waals surface area (Å²) in [5.41, 5.74) is 0. The fraction of sp³-hybridized carbons (Fsp3) is 0.976. The van der Waals surface area contributed by atoms with Crippen LogP contribution < -0.4 is 0 Å². The van der Waals surface area contributed by atoms with Crippen molar-refractivity contribution >= 4 is 112 Å². The minimum Gasteiger partial charge on any atom is -0.398 e. The maximum absolute atomic E-state index is 9.33. The Bertz CT molecular complexity index is 2110. The minimum absolute atomic E-state index is 0.0261. The molecule has 40 heteroatoms. The molecule has 742 valence electrons. The van der Waals surface area contributed by atoms with Gasteiger partial charge < -0.3 is 126 Å². The summed E-state index contributed by atoms with van der Waals surface area (Å²) in [6, 6.07) is 8.10. The van der Waals surface area contributed by atoms with E-state index in [1.165, 1.54) is 61.8 Å². The van der Waals surface area contributed by atoms with Crippen LogP contribution in [0.1, 0.15) is 214 Å². The largest absolute Gasteiger partial charge is 0.501 e. The molecule has 0 unspecified atom stereocenters. The van der Waals surface area contributed by atoms with Crippen molar-refractivity contribution in [3.8, 4) is 11.7 Å². The topological polar surface area (TPSA) is 269 Å². The maximum atomic E-state index is 9.33. The molecular formula is C83H188O28S3Si9. The summed E-state index contributed by atoms with van der Waals surface area (Å²) in [4.78, 5) is 0. The third kappa shape index (κ3) is 70.7. The van der Waals surface area contributed by atoms with E-state index in [4.69, 9.17) is 127 Å². The molecule has 0 atom stereocenters. The van der Waals surface area contributed by atoms with E-state index in [1.807, 2.05) is 97.7 Å². The molecule has 2 fully saturated rings. The summed E-state index contributed by atoms with van der Waals surface area (Å²) in [7, 11) is -4.84. The molecule has 123 heavy (non-hydrogen) atoms. The van der Waals surface area contributed by atoms with E-state index >= 15 is 0 Å². The standard InChI is InChI=1S/C20H46O8Si2.C16H38O4S2Si2.C13H28O4Si.C12H30O5Si2.C12H24O3SSi.C10H22O4Si/c1-7-23-29(24-8-2,25-9-3)19-13-15-21-17-18-22-16-14-20-30(26-10-4,27-11-5)28-12-6;1-7-17-23(5,18-8-2)15-11-13-21-22-14-12-16-24(6,19-9-3)20-10-4;1-4-15-18(16-5-2,17-6-3)11-7-10-14-12-13-8-9-13;1-14-18(5,15-2)10-8-6-7-9-11-19(12-13,16-3)17-4;1-5-10-15-17(13-6-2,14-7-3)12-9-11-16-8-4;1-11-15(12-2,13-3)8-4-7-14-9-10-5-6-10/h7-20H2,1-6H3;7-16H2,1-6H3;13H,4-12H2,1-3H3;13H,6-12H2,1-5H3;4H,5-7,9-12H2,1-3H3;10H,4-9H2,1-3H3. The van der Waals surface area contributed by atoms with E-state index in [2.05, 4.69) is 59.5 Å². The first-order chi connectivity index (χ1) is 59.3. The van der Waals surface area contributed by atoms with Crippen molar-refractivity contribution in [2.45, 2.75) is 288 Å². The highest BCUT2D eigenvalue weighted by Gasteiger charge is 2.44. The second-order valence-corrected chi connectivity index (χ2v) is 60.6. The van der Waals surface area contributed by atoms with Gasteiger partial charge in [-0.15, -0.1) is 6.42 Å². The average molecular weight is 1980 g/mol. The lowest BCUT2D eigenvalue weighted by Gasteiger charge is -2.28. The molecule has 0 radical (unpaired) electrons. The van der Waals surface area contributed by atoms with Gasteiger partial charge in [0.2, 0.25) is 0 Å². The average Bonchev–Trinajstić information content (AvgIpc) is 1.87. The van der Waals surface area contributed by atoms with Crippen molar-refractivity contribution in [2.75, 3.05) is 232 Å². The zero-order valence-electron chi connectivity index (χ0n) is 82.9. The first kappa shape index (κ1) is 131. The predicted molar refractivity (Wildman–Crippen MR) is 525 cm³/mol. The van der Waals surface area contributed by atoms with Crippen molar-refractivity contribution in [3.05, 3.63) is 0 Å². The third-order valence-electron chi connectivity index (χ3n) is 19.2. The van der Waals surface area contributed by atoms with Gasteiger partial charge in [-0.25, -0.2) is 0 Å². The fourth-order valence-corrected chi connectivity index (χ4v) is 36.1. The van der Waals surface area contributed by atoms with Crippen LogP contribution in [0.25, 0.3) is 0 Å². The lowest BCUT2D eigenvalue weighted by Crippen LogP contribution is -2.46. The van der Waals surface area contributed by atoms with Gasteiger partial charge in [0.1, 0.15) is 0 Å². The van der Waals surface area contributed by atoms with Crippen molar-refractivity contribution in [3.63, 3.8) is 0 Å². The van der Waals surface area contributed by atoms with Crippen LogP contribution in [0.2, 0.25) is 74.0 Å².